The third-order valence-electron chi connectivity index (χ3n) is 2.80. The molecule has 1 heterocycles. The van der Waals surface area contributed by atoms with E-state index in [1.54, 1.807) is 12.1 Å². The number of azide groups is 1. The number of benzene rings is 1. The van der Waals surface area contributed by atoms with E-state index in [2.05, 4.69) is 21.4 Å². The standard InChI is InChI=1S/C7H8O3S.C5H7N5/c1-6-2-4-7(5-3-6)11(8,9)10;6-2-4-1-5(3-8-4)9-10-7/h2-5H,1H3,(H,8,9,10);4-5,8H,1,3H2/t;4-,5-/m.0/s1. The maximum absolute atomic E-state index is 10.5. The molecule has 1 aromatic rings. The lowest BCUT2D eigenvalue weighted by molar-refractivity contribution is 0.483. The van der Waals surface area contributed by atoms with Crippen LogP contribution in [0.5, 0.6) is 0 Å². The van der Waals surface area contributed by atoms with Gasteiger partial charge in [-0.25, -0.2) is 0 Å². The van der Waals surface area contributed by atoms with E-state index in [9.17, 15) is 8.42 Å². The van der Waals surface area contributed by atoms with Gasteiger partial charge in [0.05, 0.1) is 23.0 Å². The number of rotatable bonds is 2. The largest absolute Gasteiger partial charge is 0.302 e. The van der Waals surface area contributed by atoms with E-state index in [0.29, 0.717) is 13.0 Å². The van der Waals surface area contributed by atoms with E-state index in [4.69, 9.17) is 15.3 Å². The van der Waals surface area contributed by atoms with Gasteiger partial charge < -0.3 is 5.32 Å². The number of nitrogens with one attached hydrogen (secondary N) is 1. The van der Waals surface area contributed by atoms with E-state index in [1.165, 1.54) is 12.1 Å². The topological polar surface area (TPSA) is 139 Å². The highest BCUT2D eigenvalue weighted by molar-refractivity contribution is 7.85. The Hall–Kier alpha value is -2.11. The number of hydrogen-bond donors (Lipinski definition) is 2. The molecule has 9 heteroatoms. The van der Waals surface area contributed by atoms with Crippen LogP contribution in [0.25, 0.3) is 10.4 Å². The van der Waals surface area contributed by atoms with E-state index < -0.39 is 10.1 Å². The molecular formula is C12H15N5O3S. The Balaban J connectivity index is 0.000000211. The van der Waals surface area contributed by atoms with Gasteiger partial charge in [-0.3, -0.25) is 4.55 Å². The van der Waals surface area contributed by atoms with E-state index in [-0.39, 0.29) is 17.0 Å². The monoisotopic (exact) mass is 309 g/mol. The van der Waals surface area contributed by atoms with Gasteiger partial charge in [-0.1, -0.05) is 22.8 Å². The lowest BCUT2D eigenvalue weighted by Gasteiger charge is -1.95. The highest BCUT2D eigenvalue weighted by atomic mass is 32.2. The molecule has 112 valence electrons. The van der Waals surface area contributed by atoms with Crippen LogP contribution in [0.3, 0.4) is 0 Å². The molecule has 1 saturated heterocycles. The van der Waals surface area contributed by atoms with Crippen molar-refractivity contribution in [2.24, 2.45) is 5.11 Å². The van der Waals surface area contributed by atoms with Crippen molar-refractivity contribution < 1.29 is 13.0 Å². The Labute approximate surface area is 122 Å². The summed E-state index contributed by atoms with van der Waals surface area (Å²) in [6.07, 6.45) is 0.639. The Morgan fingerprint density at radius 2 is 2.10 bits per heavy atom. The van der Waals surface area contributed by atoms with Gasteiger partial charge in [-0.05, 0) is 31.0 Å². The SMILES string of the molecule is Cc1ccc(S(=O)(=O)O)cc1.N#C[C@@H]1C[C@H](N=[N+]=[N-])CN1. The molecule has 0 amide bonds. The molecule has 2 rings (SSSR count). The predicted octanol–water partition coefficient (Wildman–Crippen LogP) is 1.79. The van der Waals surface area contributed by atoms with Crippen LogP contribution in [0.15, 0.2) is 34.3 Å². The molecule has 2 atom stereocenters. The van der Waals surface area contributed by atoms with Crippen LogP contribution in [-0.2, 0) is 10.1 Å². The third kappa shape index (κ3) is 5.81. The normalized spacial score (nSPS) is 20.6. The first kappa shape index (κ1) is 16.9. The number of nitriles is 1. The second-order valence-corrected chi connectivity index (χ2v) is 5.89. The van der Waals surface area contributed by atoms with Crippen LogP contribution in [0.2, 0.25) is 0 Å². The average molecular weight is 309 g/mol. The molecule has 1 aliphatic heterocycles. The van der Waals surface area contributed by atoms with Gasteiger partial charge in [0.2, 0.25) is 0 Å². The molecule has 1 aromatic carbocycles. The molecule has 2 N–H and O–H groups in total. The highest BCUT2D eigenvalue weighted by Gasteiger charge is 2.21. The summed E-state index contributed by atoms with van der Waals surface area (Å²) < 4.78 is 29.6. The molecular weight excluding hydrogens is 294 g/mol. The zero-order valence-corrected chi connectivity index (χ0v) is 12.2. The van der Waals surface area contributed by atoms with Crippen LogP contribution in [-0.4, -0.2) is 31.6 Å². The van der Waals surface area contributed by atoms with Crippen LogP contribution >= 0.6 is 0 Å². The van der Waals surface area contributed by atoms with Gasteiger partial charge in [-0.2, -0.15) is 13.7 Å². The van der Waals surface area contributed by atoms with Crippen LogP contribution in [0.1, 0.15) is 12.0 Å². The Morgan fingerprint density at radius 1 is 1.48 bits per heavy atom. The average Bonchev–Trinajstić information content (AvgIpc) is 2.87. The summed E-state index contributed by atoms with van der Waals surface area (Å²) in [5.74, 6) is 0. The first-order valence-electron chi connectivity index (χ1n) is 6.08. The maximum atomic E-state index is 10.5. The lowest BCUT2D eigenvalue weighted by Crippen LogP contribution is -2.18. The molecule has 0 aromatic heterocycles. The van der Waals surface area contributed by atoms with Crippen molar-refractivity contribution >= 4 is 10.1 Å². The van der Waals surface area contributed by atoms with Crippen LogP contribution in [0, 0.1) is 18.3 Å². The Morgan fingerprint density at radius 3 is 2.52 bits per heavy atom. The van der Waals surface area contributed by atoms with Crippen molar-refractivity contribution in [2.45, 2.75) is 30.3 Å². The van der Waals surface area contributed by atoms with Crippen molar-refractivity contribution in [1.82, 2.24) is 5.32 Å². The second-order valence-electron chi connectivity index (χ2n) is 4.47. The van der Waals surface area contributed by atoms with E-state index in [1.807, 2.05) is 6.92 Å². The minimum Gasteiger partial charge on any atom is -0.302 e. The zero-order chi connectivity index (χ0) is 15.9. The van der Waals surface area contributed by atoms with Gasteiger partial charge in [0.15, 0.2) is 0 Å². The maximum Gasteiger partial charge on any atom is 0.294 e. The van der Waals surface area contributed by atoms with Gasteiger partial charge in [-0.15, -0.1) is 0 Å². The minimum absolute atomic E-state index is 0.0327. The third-order valence-corrected chi connectivity index (χ3v) is 3.67. The van der Waals surface area contributed by atoms with Crippen molar-refractivity contribution in [3.63, 3.8) is 0 Å². The van der Waals surface area contributed by atoms with Crippen molar-refractivity contribution in [3.8, 4) is 6.07 Å². The van der Waals surface area contributed by atoms with E-state index >= 15 is 0 Å². The quantitative estimate of drug-likeness (QED) is 0.371. The Bertz CT molecular complexity index is 659. The van der Waals surface area contributed by atoms with Crippen LogP contribution < -0.4 is 5.32 Å². The van der Waals surface area contributed by atoms with Crippen molar-refractivity contribution in [3.05, 3.63) is 40.3 Å². The molecule has 1 aliphatic rings. The summed E-state index contributed by atoms with van der Waals surface area (Å²) in [6.45, 7) is 2.47. The summed E-state index contributed by atoms with van der Waals surface area (Å²) in [7, 11) is -4.02. The number of aryl methyl sites for hydroxylation is 1. The van der Waals surface area contributed by atoms with Crippen molar-refractivity contribution in [1.29, 1.82) is 5.26 Å². The lowest BCUT2D eigenvalue weighted by atomic mass is 10.2. The van der Waals surface area contributed by atoms with Gasteiger partial charge >= 0.3 is 0 Å². The summed E-state index contributed by atoms with van der Waals surface area (Å²) in [4.78, 5) is 2.60. The smallest absolute Gasteiger partial charge is 0.294 e. The van der Waals surface area contributed by atoms with Crippen LogP contribution in [0.4, 0.5) is 0 Å². The van der Waals surface area contributed by atoms with Gasteiger partial charge in [0.25, 0.3) is 10.1 Å². The van der Waals surface area contributed by atoms with E-state index in [0.717, 1.165) is 5.56 Å². The molecule has 8 nitrogen and oxygen atoms in total. The van der Waals surface area contributed by atoms with Gasteiger partial charge in [0, 0.05) is 11.5 Å². The fourth-order valence-electron chi connectivity index (χ4n) is 1.69. The number of nitrogens with zero attached hydrogens (tertiary/aromatic N) is 4. The second kappa shape index (κ2) is 7.61. The molecule has 0 spiro atoms. The summed E-state index contributed by atoms with van der Waals surface area (Å²) in [5.41, 5.74) is 8.99. The number of hydrogen-bond acceptors (Lipinski definition) is 5. The molecule has 0 unspecified atom stereocenters. The first-order valence-corrected chi connectivity index (χ1v) is 7.52. The minimum atomic E-state index is -4.02. The molecule has 0 saturated carbocycles. The highest BCUT2D eigenvalue weighted by Crippen LogP contribution is 2.09. The predicted molar refractivity (Wildman–Crippen MR) is 75.9 cm³/mol. The summed E-state index contributed by atoms with van der Waals surface area (Å²) in [6, 6.07) is 7.88. The Kier molecular flexibility index (Phi) is 6.14. The molecule has 0 aliphatic carbocycles. The zero-order valence-electron chi connectivity index (χ0n) is 11.3. The summed E-state index contributed by atoms with van der Waals surface area (Å²) in [5, 5.41) is 14.8. The first-order chi connectivity index (χ1) is 9.86. The fraction of sp³-hybridized carbons (Fsp3) is 0.417. The molecule has 1 fully saturated rings. The fourth-order valence-corrected chi connectivity index (χ4v) is 2.17. The molecule has 21 heavy (non-hydrogen) atoms. The molecule has 0 bridgehead atoms. The molecule has 0 radical (unpaired) electrons. The van der Waals surface area contributed by atoms with Gasteiger partial charge in [0.1, 0.15) is 0 Å². The van der Waals surface area contributed by atoms with Crippen molar-refractivity contribution in [2.75, 3.05) is 6.54 Å². The summed E-state index contributed by atoms with van der Waals surface area (Å²) >= 11 is 0.